The number of fused-ring (bicyclic) bond motifs is 1. The molecule has 0 spiro atoms. The van der Waals surface area contributed by atoms with Crippen LogP contribution in [-0.2, 0) is 28.3 Å². The minimum Gasteiger partial charge on any atom is -0.481 e. The number of ether oxygens (including phenoxy) is 1. The predicted molar refractivity (Wildman–Crippen MR) is 154 cm³/mol. The van der Waals surface area contributed by atoms with Gasteiger partial charge < -0.3 is 20.5 Å². The van der Waals surface area contributed by atoms with Gasteiger partial charge in [-0.1, -0.05) is 6.92 Å². The number of amides is 1. The van der Waals surface area contributed by atoms with E-state index in [2.05, 4.69) is 15.0 Å². The lowest BCUT2D eigenvalue weighted by molar-refractivity contribution is -0.141. The minimum absolute atomic E-state index is 0.0573. The highest BCUT2D eigenvalue weighted by Crippen LogP contribution is 2.46. The smallest absolute Gasteiger partial charge is 0.433 e. The molecule has 0 fully saturated rings. The zero-order valence-corrected chi connectivity index (χ0v) is 25.3. The van der Waals surface area contributed by atoms with Crippen molar-refractivity contribution in [3.63, 3.8) is 0 Å². The first-order chi connectivity index (χ1) is 21.9. The number of carboxylic acids is 1. The molecule has 3 N–H and O–H groups in total. The van der Waals surface area contributed by atoms with Crippen molar-refractivity contribution in [2.45, 2.75) is 56.5 Å². The number of nitrogens with zero attached hydrogens (tertiary/aromatic N) is 6. The van der Waals surface area contributed by atoms with E-state index < -0.39 is 60.3 Å². The molecule has 0 saturated heterocycles. The number of benzene rings is 1. The number of alkyl halides is 6. The van der Waals surface area contributed by atoms with Gasteiger partial charge in [0, 0.05) is 20.5 Å². The number of rotatable bonds is 8. The minimum atomic E-state index is -4.88. The van der Waals surface area contributed by atoms with E-state index in [-0.39, 0.29) is 53.3 Å². The standard InChI is InChI=1S/C30H29F6N7O4/c1-4-28(38)13-19(25-21(5-6-23(41-25)30(34,35)36)43(28)27(46)47-8-7-24(44)45)26-39-15-22(42(2)3)20(40-26)12-16-9-17(14-37)11-18(10-16)29(31,32)33/h5-6,9-11,15,19H,4,7-8,12-13,38H2,1-3H3,(H,44,45)/t19-,28+/m0/s1. The molecule has 3 aromatic rings. The van der Waals surface area contributed by atoms with Gasteiger partial charge in [-0.25, -0.2) is 19.7 Å². The van der Waals surface area contributed by atoms with Crippen molar-refractivity contribution < 1.29 is 45.8 Å². The molecule has 1 aliphatic rings. The number of nitrogens with two attached hydrogens (primary N) is 1. The van der Waals surface area contributed by atoms with Gasteiger partial charge in [-0.05, 0) is 48.7 Å². The molecule has 1 amide bonds. The fraction of sp³-hybridized carbons (Fsp3) is 0.400. The van der Waals surface area contributed by atoms with Crippen LogP contribution < -0.4 is 15.5 Å². The van der Waals surface area contributed by atoms with Crippen molar-refractivity contribution in [1.29, 1.82) is 5.26 Å². The third-order valence-electron chi connectivity index (χ3n) is 7.58. The average molecular weight is 666 g/mol. The molecule has 47 heavy (non-hydrogen) atoms. The fourth-order valence-electron chi connectivity index (χ4n) is 5.25. The van der Waals surface area contributed by atoms with Crippen LogP contribution in [0, 0.1) is 11.3 Å². The van der Waals surface area contributed by atoms with Crippen LogP contribution in [0.3, 0.4) is 0 Å². The van der Waals surface area contributed by atoms with Crippen molar-refractivity contribution in [3.05, 3.63) is 76.1 Å². The van der Waals surface area contributed by atoms with Gasteiger partial charge in [-0.2, -0.15) is 31.6 Å². The number of halogens is 6. The van der Waals surface area contributed by atoms with Gasteiger partial charge in [0.1, 0.15) is 23.8 Å². The molecule has 17 heteroatoms. The quantitative estimate of drug-likeness (QED) is 0.296. The normalized spacial score (nSPS) is 17.9. The van der Waals surface area contributed by atoms with Crippen LogP contribution in [0.1, 0.15) is 71.7 Å². The maximum Gasteiger partial charge on any atom is 0.433 e. The van der Waals surface area contributed by atoms with Gasteiger partial charge in [-0.3, -0.25) is 9.69 Å². The van der Waals surface area contributed by atoms with Crippen LogP contribution >= 0.6 is 0 Å². The number of pyridine rings is 1. The summed E-state index contributed by atoms with van der Waals surface area (Å²) in [5.41, 5.74) is 2.83. The third-order valence-corrected chi connectivity index (χ3v) is 7.58. The highest BCUT2D eigenvalue weighted by molar-refractivity contribution is 5.91. The molecule has 0 aliphatic carbocycles. The molecule has 1 aliphatic heterocycles. The maximum atomic E-state index is 13.8. The second-order valence-electron chi connectivity index (χ2n) is 11.1. The second kappa shape index (κ2) is 13.0. The summed E-state index contributed by atoms with van der Waals surface area (Å²) < 4.78 is 87.4. The highest BCUT2D eigenvalue weighted by Gasteiger charge is 2.48. The first-order valence-corrected chi connectivity index (χ1v) is 14.1. The number of anilines is 2. The van der Waals surface area contributed by atoms with E-state index in [0.717, 1.165) is 17.0 Å². The van der Waals surface area contributed by atoms with Crippen LogP contribution in [0.5, 0.6) is 0 Å². The lowest BCUT2D eigenvalue weighted by Crippen LogP contribution is -2.62. The maximum absolute atomic E-state index is 13.8. The van der Waals surface area contributed by atoms with E-state index in [9.17, 15) is 41.2 Å². The van der Waals surface area contributed by atoms with Crippen molar-refractivity contribution in [1.82, 2.24) is 15.0 Å². The Balaban J connectivity index is 1.88. The lowest BCUT2D eigenvalue weighted by atomic mass is 9.83. The molecule has 1 aromatic carbocycles. The van der Waals surface area contributed by atoms with E-state index >= 15 is 0 Å². The summed E-state index contributed by atoms with van der Waals surface area (Å²) in [5.74, 6) is -2.44. The Morgan fingerprint density at radius 2 is 1.85 bits per heavy atom. The number of aromatic nitrogens is 3. The fourth-order valence-corrected chi connectivity index (χ4v) is 5.25. The van der Waals surface area contributed by atoms with Crippen LogP contribution in [0.15, 0.2) is 36.5 Å². The van der Waals surface area contributed by atoms with E-state index in [0.29, 0.717) is 17.8 Å². The average Bonchev–Trinajstić information content (AvgIpc) is 2.98. The van der Waals surface area contributed by atoms with Crippen molar-refractivity contribution in [2.24, 2.45) is 5.73 Å². The summed E-state index contributed by atoms with van der Waals surface area (Å²) in [4.78, 5) is 39.5. The van der Waals surface area contributed by atoms with E-state index in [4.69, 9.17) is 15.6 Å². The summed E-state index contributed by atoms with van der Waals surface area (Å²) in [5, 5.41) is 18.3. The number of nitriles is 1. The monoisotopic (exact) mass is 665 g/mol. The number of hydrogen-bond donors (Lipinski definition) is 2. The van der Waals surface area contributed by atoms with Gasteiger partial charge in [0.25, 0.3) is 0 Å². The number of hydrogen-bond acceptors (Lipinski definition) is 9. The predicted octanol–water partition coefficient (Wildman–Crippen LogP) is 5.46. The molecule has 2 aromatic heterocycles. The molecular formula is C30H29F6N7O4. The lowest BCUT2D eigenvalue weighted by Gasteiger charge is -2.46. The summed E-state index contributed by atoms with van der Waals surface area (Å²) in [6.07, 6.45) is -10.3. The Labute approximate surface area is 264 Å². The number of aliphatic carboxylic acids is 1. The molecule has 0 radical (unpaired) electrons. The summed E-state index contributed by atoms with van der Waals surface area (Å²) in [6, 6.07) is 6.26. The number of carbonyl (C=O) groups excluding carboxylic acids is 1. The molecule has 0 unspecified atom stereocenters. The summed E-state index contributed by atoms with van der Waals surface area (Å²) in [7, 11) is 3.27. The summed E-state index contributed by atoms with van der Waals surface area (Å²) in [6.45, 7) is 1.09. The SMILES string of the molecule is CC[C@]1(N)C[C@H](c2ncc(N(C)C)c(Cc3cc(C#N)cc(C(F)(F)F)c3)n2)c2nc(C(F)(F)F)ccc2N1C(=O)OCCC(=O)O. The van der Waals surface area contributed by atoms with Gasteiger partial charge >= 0.3 is 24.4 Å². The molecule has 0 bridgehead atoms. The molecule has 2 atom stereocenters. The summed E-state index contributed by atoms with van der Waals surface area (Å²) >= 11 is 0. The van der Waals surface area contributed by atoms with Crippen LogP contribution in [0.4, 0.5) is 42.5 Å². The Bertz CT molecular complexity index is 1720. The van der Waals surface area contributed by atoms with Gasteiger partial charge in [0.2, 0.25) is 0 Å². The topological polar surface area (TPSA) is 159 Å². The third kappa shape index (κ3) is 7.54. The number of carbonyl (C=O) groups is 2. The van der Waals surface area contributed by atoms with Crippen molar-refractivity contribution >= 4 is 23.4 Å². The molecule has 4 rings (SSSR count). The largest absolute Gasteiger partial charge is 0.481 e. The highest BCUT2D eigenvalue weighted by atomic mass is 19.4. The Morgan fingerprint density at radius 3 is 2.43 bits per heavy atom. The molecule has 11 nitrogen and oxygen atoms in total. The van der Waals surface area contributed by atoms with Crippen molar-refractivity contribution in [2.75, 3.05) is 30.5 Å². The van der Waals surface area contributed by atoms with Crippen LogP contribution in [0.2, 0.25) is 0 Å². The first-order valence-electron chi connectivity index (χ1n) is 14.1. The molecule has 3 heterocycles. The van der Waals surface area contributed by atoms with Gasteiger partial charge in [0.15, 0.2) is 0 Å². The number of carboxylic acid groups (broad SMARTS) is 1. The zero-order valence-electron chi connectivity index (χ0n) is 25.3. The van der Waals surface area contributed by atoms with E-state index in [1.54, 1.807) is 32.0 Å². The Hall–Kier alpha value is -4.98. The van der Waals surface area contributed by atoms with Crippen LogP contribution in [-0.4, -0.2) is 58.5 Å². The Morgan fingerprint density at radius 1 is 1.15 bits per heavy atom. The Kier molecular flexibility index (Phi) is 9.67. The van der Waals surface area contributed by atoms with E-state index in [1.807, 2.05) is 0 Å². The van der Waals surface area contributed by atoms with Crippen molar-refractivity contribution in [3.8, 4) is 6.07 Å². The molecule has 0 saturated carbocycles. The van der Waals surface area contributed by atoms with E-state index in [1.165, 1.54) is 12.3 Å². The zero-order chi connectivity index (χ0) is 34.9. The molecule has 250 valence electrons. The van der Waals surface area contributed by atoms with Gasteiger partial charge in [-0.15, -0.1) is 0 Å². The van der Waals surface area contributed by atoms with Crippen LogP contribution in [0.25, 0.3) is 0 Å². The molecular weight excluding hydrogens is 636 g/mol. The second-order valence-corrected chi connectivity index (χ2v) is 11.1. The first kappa shape index (κ1) is 34.9. The van der Waals surface area contributed by atoms with Gasteiger partial charge in [0.05, 0.1) is 58.5 Å².